The van der Waals surface area contributed by atoms with Crippen molar-refractivity contribution >= 4 is 5.91 Å². The van der Waals surface area contributed by atoms with Crippen LogP contribution in [0.15, 0.2) is 18.2 Å². The van der Waals surface area contributed by atoms with Gasteiger partial charge in [0.1, 0.15) is 17.2 Å². The zero-order valence-electron chi connectivity index (χ0n) is 15.1. The first-order chi connectivity index (χ1) is 12.5. The summed E-state index contributed by atoms with van der Waals surface area (Å²) in [6, 6.07) is 3.90. The van der Waals surface area contributed by atoms with E-state index in [1.165, 1.54) is 6.07 Å². The summed E-state index contributed by atoms with van der Waals surface area (Å²) in [4.78, 5) is 11.9. The number of amides is 1. The average Bonchev–Trinajstić information content (AvgIpc) is 2.63. The molecule has 6 heteroatoms. The highest BCUT2D eigenvalue weighted by molar-refractivity contribution is 5.84. The summed E-state index contributed by atoms with van der Waals surface area (Å²) in [7, 11) is 0. The third-order valence-electron chi connectivity index (χ3n) is 6.08. The zero-order chi connectivity index (χ0) is 18.6. The van der Waals surface area contributed by atoms with Gasteiger partial charge in [0.15, 0.2) is 0 Å². The highest BCUT2D eigenvalue weighted by Gasteiger charge is 2.38. The highest BCUT2D eigenvalue weighted by atomic mass is 19.1. The third-order valence-corrected chi connectivity index (χ3v) is 6.08. The van der Waals surface area contributed by atoms with E-state index in [0.717, 1.165) is 44.7 Å². The van der Waals surface area contributed by atoms with Crippen LogP contribution >= 0.6 is 0 Å². The molecule has 0 bridgehead atoms. The molecule has 1 amide bonds. The highest BCUT2D eigenvalue weighted by Crippen LogP contribution is 2.38. The molecule has 2 aliphatic rings. The maximum Gasteiger partial charge on any atom is 0.237 e. The normalized spacial score (nSPS) is 25.8. The summed E-state index contributed by atoms with van der Waals surface area (Å²) in [6.07, 6.45) is 6.11. The van der Waals surface area contributed by atoms with E-state index in [0.29, 0.717) is 37.5 Å². The number of hydrogen-bond acceptors (Lipinski definition) is 3. The molecule has 1 saturated carbocycles. The number of nitrogens with two attached hydrogens (primary N) is 1. The number of primary amides is 1. The van der Waals surface area contributed by atoms with Gasteiger partial charge >= 0.3 is 0 Å². The minimum Gasteiger partial charge on any atom is -0.381 e. The van der Waals surface area contributed by atoms with Gasteiger partial charge in [-0.2, -0.15) is 0 Å². The Hall–Kier alpha value is -1.53. The first-order valence-corrected chi connectivity index (χ1v) is 9.58. The fraction of sp³-hybridized carbons (Fsp3) is 0.650. The van der Waals surface area contributed by atoms with Crippen molar-refractivity contribution in [3.63, 3.8) is 0 Å². The van der Waals surface area contributed by atoms with Gasteiger partial charge in [0.25, 0.3) is 0 Å². The van der Waals surface area contributed by atoms with Gasteiger partial charge in [-0.05, 0) is 75.0 Å². The second-order valence-electron chi connectivity index (χ2n) is 7.66. The molecule has 4 nitrogen and oxygen atoms in total. The Morgan fingerprint density at radius 1 is 1.19 bits per heavy atom. The summed E-state index contributed by atoms with van der Waals surface area (Å²) >= 11 is 0. The predicted molar refractivity (Wildman–Crippen MR) is 95.7 cm³/mol. The van der Waals surface area contributed by atoms with Gasteiger partial charge in [0, 0.05) is 19.3 Å². The average molecular weight is 366 g/mol. The van der Waals surface area contributed by atoms with Gasteiger partial charge in [-0.25, -0.2) is 8.78 Å². The van der Waals surface area contributed by atoms with Crippen molar-refractivity contribution in [3.8, 4) is 0 Å². The van der Waals surface area contributed by atoms with Crippen LogP contribution in [0.1, 0.15) is 56.4 Å². The number of nitrogens with one attached hydrogen (secondary N) is 1. The summed E-state index contributed by atoms with van der Waals surface area (Å²) in [5.41, 5.74) is 5.61. The van der Waals surface area contributed by atoms with Gasteiger partial charge in [0.2, 0.25) is 5.91 Å². The topological polar surface area (TPSA) is 64.4 Å². The van der Waals surface area contributed by atoms with Crippen LogP contribution in [0.2, 0.25) is 0 Å². The monoisotopic (exact) mass is 366 g/mol. The molecule has 1 aliphatic carbocycles. The van der Waals surface area contributed by atoms with Crippen molar-refractivity contribution in [1.29, 1.82) is 0 Å². The Morgan fingerprint density at radius 2 is 1.88 bits per heavy atom. The van der Waals surface area contributed by atoms with E-state index in [4.69, 9.17) is 10.5 Å². The Bertz CT molecular complexity index is 624. The largest absolute Gasteiger partial charge is 0.381 e. The first kappa shape index (κ1) is 19.2. The number of carbonyl (C=O) groups is 1. The number of ether oxygens (including phenoxy) is 1. The van der Waals surface area contributed by atoms with E-state index in [-0.39, 0.29) is 11.8 Å². The molecule has 1 aromatic rings. The summed E-state index contributed by atoms with van der Waals surface area (Å²) in [5, 5.41) is 3.38. The summed E-state index contributed by atoms with van der Waals surface area (Å²) in [5.74, 6) is -0.517. The van der Waals surface area contributed by atoms with E-state index in [1.54, 1.807) is 6.07 Å². The molecule has 0 radical (unpaired) electrons. The second-order valence-corrected chi connectivity index (χ2v) is 7.66. The zero-order valence-corrected chi connectivity index (χ0v) is 15.1. The number of carbonyl (C=O) groups excluding carboxylic acids is 1. The second kappa shape index (κ2) is 8.44. The number of hydrogen-bond donors (Lipinski definition) is 2. The Kier molecular flexibility index (Phi) is 6.24. The van der Waals surface area contributed by atoms with Gasteiger partial charge in [-0.3, -0.25) is 4.79 Å². The maximum absolute atomic E-state index is 14.0. The lowest BCUT2D eigenvalue weighted by atomic mass is 9.77. The fourth-order valence-corrected chi connectivity index (χ4v) is 4.34. The lowest BCUT2D eigenvalue weighted by molar-refractivity contribution is -0.128. The summed E-state index contributed by atoms with van der Waals surface area (Å²) in [6.45, 7) is 1.87. The minimum atomic E-state index is -0.632. The number of rotatable bonds is 6. The molecule has 0 spiro atoms. The molecule has 0 atom stereocenters. The van der Waals surface area contributed by atoms with Gasteiger partial charge in [-0.1, -0.05) is 6.07 Å². The number of halogens is 2. The van der Waals surface area contributed by atoms with Crippen LogP contribution in [-0.2, 0) is 9.53 Å². The molecule has 2 fully saturated rings. The third kappa shape index (κ3) is 4.41. The van der Waals surface area contributed by atoms with Crippen molar-refractivity contribution in [3.05, 3.63) is 35.4 Å². The van der Waals surface area contributed by atoms with Crippen molar-refractivity contribution in [2.75, 3.05) is 19.8 Å². The minimum absolute atomic E-state index is 0.173. The lowest BCUT2D eigenvalue weighted by Gasteiger charge is -2.36. The first-order valence-electron chi connectivity index (χ1n) is 9.58. The van der Waals surface area contributed by atoms with Gasteiger partial charge in [-0.15, -0.1) is 0 Å². The van der Waals surface area contributed by atoms with Crippen molar-refractivity contribution in [2.45, 2.75) is 56.4 Å². The van der Waals surface area contributed by atoms with E-state index in [9.17, 15) is 13.6 Å². The van der Waals surface area contributed by atoms with E-state index < -0.39 is 17.2 Å². The summed E-state index contributed by atoms with van der Waals surface area (Å²) < 4.78 is 32.4. The maximum atomic E-state index is 14.0. The predicted octanol–water partition coefficient (Wildman–Crippen LogP) is 3.25. The molecule has 1 aromatic carbocycles. The van der Waals surface area contributed by atoms with Crippen LogP contribution in [0.5, 0.6) is 0 Å². The smallest absolute Gasteiger partial charge is 0.237 e. The molecule has 1 saturated heterocycles. The van der Waals surface area contributed by atoms with Crippen molar-refractivity contribution < 1.29 is 18.3 Å². The quantitative estimate of drug-likeness (QED) is 0.812. The fourth-order valence-electron chi connectivity index (χ4n) is 4.34. The Labute approximate surface area is 153 Å². The standard InChI is InChI=1S/C20H28F2N2O2/c21-16-5-6-17(18(22)13-16)15-3-1-14(2-4-15)7-10-24-20(19(23)25)8-11-26-12-9-20/h5-6,13-15,24H,1-4,7-12H2,(H2,23,25)/t14-,15+. The molecular formula is C20H28F2N2O2. The molecule has 3 rings (SSSR count). The SMILES string of the molecule is NC(=O)C1(NCC[C@H]2CC[C@@H](c3ccc(F)cc3F)CC2)CCOCC1. The van der Waals surface area contributed by atoms with Crippen LogP contribution in [0.3, 0.4) is 0 Å². The van der Waals surface area contributed by atoms with Crippen LogP contribution in [0, 0.1) is 17.6 Å². The van der Waals surface area contributed by atoms with E-state index >= 15 is 0 Å². The molecule has 3 N–H and O–H groups in total. The number of benzene rings is 1. The Morgan fingerprint density at radius 3 is 2.50 bits per heavy atom. The van der Waals surface area contributed by atoms with Crippen molar-refractivity contribution in [1.82, 2.24) is 5.32 Å². The molecule has 1 aliphatic heterocycles. The molecule has 0 aromatic heterocycles. The molecule has 26 heavy (non-hydrogen) atoms. The van der Waals surface area contributed by atoms with Gasteiger partial charge in [0.05, 0.1) is 0 Å². The van der Waals surface area contributed by atoms with E-state index in [2.05, 4.69) is 5.32 Å². The Balaban J connectivity index is 1.46. The van der Waals surface area contributed by atoms with Crippen LogP contribution in [0.25, 0.3) is 0 Å². The molecule has 1 heterocycles. The molecule has 144 valence electrons. The molecule has 0 unspecified atom stereocenters. The van der Waals surface area contributed by atoms with Crippen LogP contribution in [0.4, 0.5) is 8.78 Å². The van der Waals surface area contributed by atoms with Gasteiger partial charge < -0.3 is 15.8 Å². The van der Waals surface area contributed by atoms with Crippen LogP contribution < -0.4 is 11.1 Å². The van der Waals surface area contributed by atoms with Crippen molar-refractivity contribution in [2.24, 2.45) is 11.7 Å². The lowest BCUT2D eigenvalue weighted by Crippen LogP contribution is -2.58. The van der Waals surface area contributed by atoms with E-state index in [1.807, 2.05) is 0 Å². The van der Waals surface area contributed by atoms with Crippen LogP contribution in [-0.4, -0.2) is 31.2 Å². The molecular weight excluding hydrogens is 338 g/mol.